The van der Waals surface area contributed by atoms with Crippen LogP contribution in [0, 0.1) is 13.8 Å². The second-order valence-corrected chi connectivity index (χ2v) is 12.4. The third-order valence-corrected chi connectivity index (χ3v) is 8.51. The molecule has 4 aromatic carbocycles. The van der Waals surface area contributed by atoms with Crippen molar-refractivity contribution in [1.29, 1.82) is 0 Å². The Bertz CT molecular complexity index is 1960. The van der Waals surface area contributed by atoms with Gasteiger partial charge in [0.05, 0.1) is 37.3 Å². The molecule has 1 aromatic heterocycles. The number of hydrogen-bond donors (Lipinski definition) is 2. The van der Waals surface area contributed by atoms with Gasteiger partial charge in [0.2, 0.25) is 5.91 Å². The zero-order chi connectivity index (χ0) is 36.2. The van der Waals surface area contributed by atoms with Gasteiger partial charge in [0.25, 0.3) is 11.8 Å². The van der Waals surface area contributed by atoms with E-state index in [0.29, 0.717) is 53.6 Å². The number of carbonyl (C=O) groups is 3. The number of nitrogens with one attached hydrogen (secondary N) is 2. The van der Waals surface area contributed by atoms with Gasteiger partial charge < -0.3 is 25.0 Å². The molecule has 2 N–H and O–H groups in total. The normalized spacial score (nSPS) is 10.7. The van der Waals surface area contributed by atoms with Gasteiger partial charge >= 0.3 is 0 Å². The molecule has 0 unspecified atom stereocenters. The van der Waals surface area contributed by atoms with Crippen molar-refractivity contribution < 1.29 is 23.9 Å². The lowest BCUT2D eigenvalue weighted by Crippen LogP contribution is -2.27. The zero-order valence-electron chi connectivity index (χ0n) is 29.6. The largest absolute Gasteiger partial charge is 0.495 e. The van der Waals surface area contributed by atoms with Gasteiger partial charge in [-0.2, -0.15) is 0 Å². The second-order valence-electron chi connectivity index (χ2n) is 12.4. The number of pyridine rings is 1. The highest BCUT2D eigenvalue weighted by atomic mass is 16.5. The summed E-state index contributed by atoms with van der Waals surface area (Å²) >= 11 is 0. The van der Waals surface area contributed by atoms with Crippen molar-refractivity contribution in [3.63, 3.8) is 0 Å². The number of rotatable bonds is 15. The molecule has 3 amide bonds. The molecule has 0 spiro atoms. The summed E-state index contributed by atoms with van der Waals surface area (Å²) in [6.07, 6.45) is 4.48. The third kappa shape index (κ3) is 9.82. The van der Waals surface area contributed by atoms with E-state index in [4.69, 9.17) is 9.47 Å². The Morgan fingerprint density at radius 1 is 0.784 bits per heavy atom. The summed E-state index contributed by atoms with van der Waals surface area (Å²) in [6.45, 7) is 4.86. The molecular weight excluding hydrogens is 640 g/mol. The Labute approximate surface area is 299 Å². The Kier molecular flexibility index (Phi) is 12.6. The van der Waals surface area contributed by atoms with E-state index in [2.05, 4.69) is 15.6 Å². The molecule has 0 bridgehead atoms. The predicted molar refractivity (Wildman–Crippen MR) is 202 cm³/mol. The fraction of sp³-hybridized carbons (Fsp3) is 0.238. The maximum absolute atomic E-state index is 13.7. The first-order chi connectivity index (χ1) is 24.7. The molecule has 0 aliphatic heterocycles. The number of unbranched alkanes of at least 4 members (excludes halogenated alkanes) is 2. The van der Waals surface area contributed by atoms with E-state index in [0.717, 1.165) is 47.2 Å². The van der Waals surface area contributed by atoms with Crippen LogP contribution in [0.5, 0.6) is 11.5 Å². The maximum Gasteiger partial charge on any atom is 0.258 e. The molecule has 0 aliphatic carbocycles. The van der Waals surface area contributed by atoms with Gasteiger partial charge in [0, 0.05) is 30.8 Å². The van der Waals surface area contributed by atoms with Gasteiger partial charge in [-0.05, 0) is 98.3 Å². The van der Waals surface area contributed by atoms with Crippen LogP contribution in [0.3, 0.4) is 0 Å². The van der Waals surface area contributed by atoms with Crippen LogP contribution in [0.4, 0.5) is 11.4 Å². The summed E-state index contributed by atoms with van der Waals surface area (Å²) in [5.41, 5.74) is 6.72. The molecule has 0 radical (unpaired) electrons. The Morgan fingerprint density at radius 3 is 2.31 bits per heavy atom. The van der Waals surface area contributed by atoms with E-state index >= 15 is 0 Å². The van der Waals surface area contributed by atoms with Crippen LogP contribution in [0.25, 0.3) is 11.1 Å². The highest BCUT2D eigenvalue weighted by Gasteiger charge is 2.21. The summed E-state index contributed by atoms with van der Waals surface area (Å²) in [6, 6.07) is 31.8. The van der Waals surface area contributed by atoms with Crippen molar-refractivity contribution in [2.45, 2.75) is 46.1 Å². The summed E-state index contributed by atoms with van der Waals surface area (Å²) in [7, 11) is 3.21. The average molecular weight is 685 g/mol. The minimum atomic E-state index is -0.286. The van der Waals surface area contributed by atoms with E-state index in [-0.39, 0.29) is 17.7 Å². The number of aryl methyl sites for hydroxylation is 2. The number of methoxy groups -OCH3 is 1. The van der Waals surface area contributed by atoms with Crippen LogP contribution in [0.15, 0.2) is 109 Å². The molecule has 0 aliphatic rings. The quantitative estimate of drug-likeness (QED) is 0.108. The van der Waals surface area contributed by atoms with Crippen LogP contribution in [0.2, 0.25) is 0 Å². The lowest BCUT2D eigenvalue weighted by Gasteiger charge is -2.22. The number of nitrogens with zero attached hydrogens (tertiary/aromatic N) is 2. The minimum absolute atomic E-state index is 0.00170. The molecule has 0 saturated carbocycles. The topological polar surface area (TPSA) is 110 Å². The standard InChI is InChI=1S/C42H44N4O5/c1-29-16-19-31(20-17-29)34-13-7-8-14-35(34)41(48)45-36-22-21-32(27-38(36)50-4)42(49)46(3)37-23-18-30(2)26-39(37)51-25-11-5-6-15-40(47)44-28-33-12-9-10-24-43-33/h7-10,12-14,16-24,26-27H,5-6,11,15,25,28H2,1-4H3,(H,44,47)(H,45,48). The van der Waals surface area contributed by atoms with Gasteiger partial charge in [-0.1, -0.05) is 60.2 Å². The minimum Gasteiger partial charge on any atom is -0.495 e. The van der Waals surface area contributed by atoms with Crippen molar-refractivity contribution in [2.24, 2.45) is 0 Å². The molecule has 0 fully saturated rings. The zero-order valence-corrected chi connectivity index (χ0v) is 29.6. The molecule has 9 heteroatoms. The number of ether oxygens (including phenoxy) is 2. The van der Waals surface area contributed by atoms with Crippen LogP contribution in [-0.4, -0.2) is 43.5 Å². The first kappa shape index (κ1) is 36.3. The van der Waals surface area contributed by atoms with Crippen LogP contribution in [-0.2, 0) is 11.3 Å². The molecule has 5 aromatic rings. The van der Waals surface area contributed by atoms with Gasteiger partial charge in [0.15, 0.2) is 0 Å². The van der Waals surface area contributed by atoms with Crippen molar-refractivity contribution in [3.05, 3.63) is 137 Å². The summed E-state index contributed by atoms with van der Waals surface area (Å²) in [5, 5.41) is 5.87. The number of anilines is 2. The molecule has 0 saturated heterocycles. The molecule has 5 rings (SSSR count). The highest BCUT2D eigenvalue weighted by molar-refractivity contribution is 6.10. The van der Waals surface area contributed by atoms with E-state index in [9.17, 15) is 14.4 Å². The highest BCUT2D eigenvalue weighted by Crippen LogP contribution is 2.33. The predicted octanol–water partition coefficient (Wildman–Crippen LogP) is 8.16. The first-order valence-electron chi connectivity index (χ1n) is 17.1. The number of benzene rings is 4. The Balaban J connectivity index is 1.18. The van der Waals surface area contributed by atoms with Crippen LogP contribution in [0.1, 0.15) is 63.2 Å². The summed E-state index contributed by atoms with van der Waals surface area (Å²) < 4.78 is 11.8. The van der Waals surface area contributed by atoms with Gasteiger partial charge in [-0.25, -0.2) is 0 Å². The van der Waals surface area contributed by atoms with E-state index < -0.39 is 0 Å². The fourth-order valence-corrected chi connectivity index (χ4v) is 5.63. The first-order valence-corrected chi connectivity index (χ1v) is 17.1. The number of hydrogen-bond acceptors (Lipinski definition) is 6. The summed E-state index contributed by atoms with van der Waals surface area (Å²) in [4.78, 5) is 45.2. The molecule has 262 valence electrons. The maximum atomic E-state index is 13.7. The fourth-order valence-electron chi connectivity index (χ4n) is 5.63. The lowest BCUT2D eigenvalue weighted by atomic mass is 9.98. The van der Waals surface area contributed by atoms with Gasteiger partial charge in [-0.15, -0.1) is 0 Å². The average Bonchev–Trinajstić information content (AvgIpc) is 3.15. The van der Waals surface area contributed by atoms with Gasteiger partial charge in [-0.3, -0.25) is 19.4 Å². The molecular formula is C42H44N4O5. The second kappa shape index (κ2) is 17.6. The lowest BCUT2D eigenvalue weighted by molar-refractivity contribution is -0.121. The Morgan fingerprint density at radius 2 is 1.55 bits per heavy atom. The van der Waals surface area contributed by atoms with E-state index in [1.807, 2.05) is 92.7 Å². The Hall–Kier alpha value is -5.96. The monoisotopic (exact) mass is 684 g/mol. The van der Waals surface area contributed by atoms with Crippen molar-refractivity contribution >= 4 is 29.1 Å². The molecule has 9 nitrogen and oxygen atoms in total. The summed E-state index contributed by atoms with van der Waals surface area (Å²) in [5.74, 6) is 0.411. The van der Waals surface area contributed by atoms with Crippen molar-refractivity contribution in [1.82, 2.24) is 10.3 Å². The SMILES string of the molecule is COc1cc(C(=O)N(C)c2ccc(C)cc2OCCCCCC(=O)NCc2ccccn2)ccc1NC(=O)c1ccccc1-c1ccc(C)cc1. The van der Waals surface area contributed by atoms with Crippen LogP contribution < -0.4 is 25.0 Å². The number of amides is 3. The number of aromatic nitrogens is 1. The van der Waals surface area contributed by atoms with Crippen molar-refractivity contribution in [3.8, 4) is 22.6 Å². The van der Waals surface area contributed by atoms with Crippen molar-refractivity contribution in [2.75, 3.05) is 31.0 Å². The third-order valence-electron chi connectivity index (χ3n) is 8.51. The van der Waals surface area contributed by atoms with E-state index in [1.54, 1.807) is 42.4 Å². The molecule has 51 heavy (non-hydrogen) atoms. The van der Waals surface area contributed by atoms with E-state index in [1.165, 1.54) is 7.11 Å². The molecule has 0 atom stereocenters. The smallest absolute Gasteiger partial charge is 0.258 e. The molecule has 1 heterocycles. The van der Waals surface area contributed by atoms with Gasteiger partial charge in [0.1, 0.15) is 11.5 Å². The number of carbonyl (C=O) groups excluding carboxylic acids is 3. The van der Waals surface area contributed by atoms with Crippen LogP contribution >= 0.6 is 0 Å².